The first-order valence-electron chi connectivity index (χ1n) is 5.53. The van der Waals surface area contributed by atoms with Gasteiger partial charge in [0.05, 0.1) is 6.61 Å². The van der Waals surface area contributed by atoms with Gasteiger partial charge in [-0.2, -0.15) is 11.8 Å². The maximum atomic E-state index is 9.15. The molecule has 1 rings (SSSR count). The summed E-state index contributed by atoms with van der Waals surface area (Å²) < 4.78 is 2.12. The maximum Gasteiger partial charge on any atom is 0.105 e. The minimum Gasteiger partial charge on any atom is -0.395 e. The molecule has 2 atom stereocenters. The monoisotopic (exact) mass is 243 g/mol. The van der Waals surface area contributed by atoms with Crippen LogP contribution in [0, 0.1) is 6.92 Å². The summed E-state index contributed by atoms with van der Waals surface area (Å²) in [7, 11) is 0. The first-order valence-corrected chi connectivity index (χ1v) is 6.82. The number of rotatable bonds is 7. The van der Waals surface area contributed by atoms with Crippen LogP contribution in [0.25, 0.3) is 0 Å². The Bertz CT molecular complexity index is 299. The van der Waals surface area contributed by atoms with Crippen molar-refractivity contribution in [3.8, 4) is 0 Å². The highest BCUT2D eigenvalue weighted by Crippen LogP contribution is 2.09. The fraction of sp³-hybridized carbons (Fsp3) is 0.727. The Balaban J connectivity index is 2.27. The third-order valence-corrected chi connectivity index (χ3v) is 3.95. The van der Waals surface area contributed by atoms with Crippen molar-refractivity contribution in [3.05, 3.63) is 18.2 Å². The van der Waals surface area contributed by atoms with E-state index in [1.807, 2.05) is 25.6 Å². The summed E-state index contributed by atoms with van der Waals surface area (Å²) >= 11 is 1.70. The molecule has 0 aliphatic carbocycles. The van der Waals surface area contributed by atoms with E-state index in [2.05, 4.69) is 21.8 Å². The van der Waals surface area contributed by atoms with E-state index < -0.39 is 0 Å². The topological polar surface area (TPSA) is 50.1 Å². The fourth-order valence-corrected chi connectivity index (χ4v) is 2.27. The average molecular weight is 243 g/mol. The predicted molar refractivity (Wildman–Crippen MR) is 68.8 cm³/mol. The van der Waals surface area contributed by atoms with E-state index in [-0.39, 0.29) is 11.9 Å². The van der Waals surface area contributed by atoms with Gasteiger partial charge in [-0.15, -0.1) is 0 Å². The Kier molecular flexibility index (Phi) is 5.87. The van der Waals surface area contributed by atoms with Crippen LogP contribution in [-0.2, 0) is 6.54 Å². The quantitative estimate of drug-likeness (QED) is 0.747. The summed E-state index contributed by atoms with van der Waals surface area (Å²) in [6.07, 6.45) is 5.83. The van der Waals surface area contributed by atoms with Gasteiger partial charge in [0.25, 0.3) is 0 Å². The van der Waals surface area contributed by atoms with E-state index in [0.29, 0.717) is 6.04 Å². The van der Waals surface area contributed by atoms with Crippen molar-refractivity contribution in [2.45, 2.75) is 31.7 Å². The van der Waals surface area contributed by atoms with Crippen LogP contribution in [0.4, 0.5) is 0 Å². The van der Waals surface area contributed by atoms with E-state index in [4.69, 9.17) is 5.11 Å². The minimum atomic E-state index is 0.222. The number of imidazole rings is 1. The molecule has 2 N–H and O–H groups in total. The summed E-state index contributed by atoms with van der Waals surface area (Å²) in [5.41, 5.74) is 0. The lowest BCUT2D eigenvalue weighted by molar-refractivity contribution is 0.275. The van der Waals surface area contributed by atoms with Crippen LogP contribution < -0.4 is 5.32 Å². The van der Waals surface area contributed by atoms with Gasteiger partial charge < -0.3 is 15.0 Å². The Morgan fingerprint density at radius 2 is 2.38 bits per heavy atom. The van der Waals surface area contributed by atoms with Crippen molar-refractivity contribution in [2.75, 3.05) is 19.4 Å². The van der Waals surface area contributed by atoms with E-state index in [1.165, 1.54) is 0 Å². The zero-order chi connectivity index (χ0) is 12.0. The van der Waals surface area contributed by atoms with Gasteiger partial charge in [0.2, 0.25) is 0 Å². The SMILES string of the molecule is CSC(CO)C(C)NCCn1ccnc1C. The molecule has 0 aromatic carbocycles. The molecule has 1 heterocycles. The number of hydrogen-bond acceptors (Lipinski definition) is 4. The lowest BCUT2D eigenvalue weighted by atomic mass is 10.2. The number of hydrogen-bond donors (Lipinski definition) is 2. The van der Waals surface area contributed by atoms with Crippen LogP contribution in [0.2, 0.25) is 0 Å². The van der Waals surface area contributed by atoms with Crippen LogP contribution in [0.3, 0.4) is 0 Å². The molecular formula is C11H21N3OS. The second kappa shape index (κ2) is 6.93. The fourth-order valence-electron chi connectivity index (χ4n) is 1.62. The summed E-state index contributed by atoms with van der Waals surface area (Å²) in [4.78, 5) is 4.17. The summed E-state index contributed by atoms with van der Waals surface area (Å²) in [5, 5.41) is 12.8. The Hall–Kier alpha value is -0.520. The maximum absolute atomic E-state index is 9.15. The van der Waals surface area contributed by atoms with Crippen molar-refractivity contribution in [3.63, 3.8) is 0 Å². The molecule has 0 amide bonds. The molecule has 16 heavy (non-hydrogen) atoms. The molecule has 0 aliphatic rings. The molecule has 1 aromatic heterocycles. The minimum absolute atomic E-state index is 0.222. The van der Waals surface area contributed by atoms with Crippen molar-refractivity contribution >= 4 is 11.8 Å². The van der Waals surface area contributed by atoms with Gasteiger partial charge >= 0.3 is 0 Å². The normalized spacial score (nSPS) is 15.0. The summed E-state index contributed by atoms with van der Waals surface area (Å²) in [5.74, 6) is 1.04. The highest BCUT2D eigenvalue weighted by Gasteiger charge is 2.13. The summed E-state index contributed by atoms with van der Waals surface area (Å²) in [6, 6.07) is 0.323. The molecule has 4 nitrogen and oxygen atoms in total. The van der Waals surface area contributed by atoms with Gasteiger partial charge in [-0.05, 0) is 20.1 Å². The Labute approximate surface area is 101 Å². The standard InChI is InChI=1S/C11H21N3OS/c1-9(11(8-15)16-3)12-4-6-14-7-5-13-10(14)2/h5,7,9,11-12,15H,4,6,8H2,1-3H3. The molecule has 0 saturated carbocycles. The zero-order valence-electron chi connectivity index (χ0n) is 10.2. The van der Waals surface area contributed by atoms with Gasteiger partial charge in [-0.25, -0.2) is 4.98 Å². The highest BCUT2D eigenvalue weighted by molar-refractivity contribution is 7.99. The van der Waals surface area contributed by atoms with Crippen LogP contribution in [0.1, 0.15) is 12.7 Å². The van der Waals surface area contributed by atoms with E-state index >= 15 is 0 Å². The number of thioether (sulfide) groups is 1. The number of nitrogens with one attached hydrogen (secondary N) is 1. The van der Waals surface area contributed by atoms with Crippen molar-refractivity contribution < 1.29 is 5.11 Å². The largest absolute Gasteiger partial charge is 0.395 e. The van der Waals surface area contributed by atoms with Gasteiger partial charge in [0.15, 0.2) is 0 Å². The van der Waals surface area contributed by atoms with Crippen LogP contribution in [0.5, 0.6) is 0 Å². The van der Waals surface area contributed by atoms with E-state index in [1.54, 1.807) is 11.8 Å². The first-order chi connectivity index (χ1) is 7.69. The second-order valence-corrected chi connectivity index (χ2v) is 4.94. The number of aliphatic hydroxyl groups excluding tert-OH is 1. The number of aryl methyl sites for hydroxylation is 1. The number of nitrogens with zero attached hydrogens (tertiary/aromatic N) is 2. The lowest BCUT2D eigenvalue weighted by Crippen LogP contribution is -2.39. The molecule has 5 heteroatoms. The molecule has 0 fully saturated rings. The molecule has 0 radical (unpaired) electrons. The van der Waals surface area contributed by atoms with Crippen molar-refractivity contribution in [1.82, 2.24) is 14.9 Å². The molecule has 0 saturated heterocycles. The molecule has 92 valence electrons. The second-order valence-electron chi connectivity index (χ2n) is 3.87. The van der Waals surface area contributed by atoms with Crippen LogP contribution in [0.15, 0.2) is 12.4 Å². The zero-order valence-corrected chi connectivity index (χ0v) is 11.0. The summed E-state index contributed by atoms with van der Waals surface area (Å²) in [6.45, 7) is 6.15. The van der Waals surface area contributed by atoms with E-state index in [9.17, 15) is 0 Å². The molecule has 2 unspecified atom stereocenters. The van der Waals surface area contributed by atoms with Gasteiger partial charge in [0, 0.05) is 36.8 Å². The Morgan fingerprint density at radius 1 is 1.62 bits per heavy atom. The number of aliphatic hydroxyl groups is 1. The molecular weight excluding hydrogens is 222 g/mol. The van der Waals surface area contributed by atoms with Crippen LogP contribution >= 0.6 is 11.8 Å². The van der Waals surface area contributed by atoms with Gasteiger partial charge in [-0.3, -0.25) is 0 Å². The van der Waals surface area contributed by atoms with Crippen molar-refractivity contribution in [2.24, 2.45) is 0 Å². The Morgan fingerprint density at radius 3 is 2.88 bits per heavy atom. The third-order valence-electron chi connectivity index (χ3n) is 2.78. The van der Waals surface area contributed by atoms with Crippen molar-refractivity contribution in [1.29, 1.82) is 0 Å². The van der Waals surface area contributed by atoms with E-state index in [0.717, 1.165) is 18.9 Å². The lowest BCUT2D eigenvalue weighted by Gasteiger charge is -2.21. The predicted octanol–water partition coefficient (Wildman–Crippen LogP) is 0.894. The van der Waals surface area contributed by atoms with Crippen LogP contribution in [-0.4, -0.2) is 45.4 Å². The molecule has 0 spiro atoms. The van der Waals surface area contributed by atoms with Gasteiger partial charge in [-0.1, -0.05) is 0 Å². The third kappa shape index (κ3) is 3.81. The molecule has 0 bridgehead atoms. The molecule has 0 aliphatic heterocycles. The highest BCUT2D eigenvalue weighted by atomic mass is 32.2. The first kappa shape index (κ1) is 13.5. The average Bonchev–Trinajstić information content (AvgIpc) is 2.66. The van der Waals surface area contributed by atoms with Gasteiger partial charge in [0.1, 0.15) is 5.82 Å². The molecule has 1 aromatic rings. The smallest absolute Gasteiger partial charge is 0.105 e. The number of aromatic nitrogens is 2.